The van der Waals surface area contributed by atoms with Crippen LogP contribution in [0.5, 0.6) is 0 Å². The highest BCUT2D eigenvalue weighted by molar-refractivity contribution is 5.78. The summed E-state index contributed by atoms with van der Waals surface area (Å²) >= 11 is 0. The minimum Gasteiger partial charge on any atom is -0.350 e. The normalized spacial score (nSPS) is 23.7. The molecule has 1 amide bonds. The van der Waals surface area contributed by atoms with Crippen LogP contribution in [0.2, 0.25) is 0 Å². The van der Waals surface area contributed by atoms with Gasteiger partial charge in [-0.1, -0.05) is 6.92 Å². The van der Waals surface area contributed by atoms with Crippen molar-refractivity contribution in [2.75, 3.05) is 32.8 Å². The number of amides is 1. The van der Waals surface area contributed by atoms with Crippen LogP contribution in [0.1, 0.15) is 40.0 Å². The fourth-order valence-electron chi connectivity index (χ4n) is 2.65. The highest BCUT2D eigenvalue weighted by Gasteiger charge is 2.41. The van der Waals surface area contributed by atoms with Crippen molar-refractivity contribution in [2.45, 2.75) is 51.4 Å². The molecule has 2 rings (SSSR count). The summed E-state index contributed by atoms with van der Waals surface area (Å²) in [5.41, 5.74) is -0.134. The van der Waals surface area contributed by atoms with Crippen molar-refractivity contribution in [3.63, 3.8) is 0 Å². The van der Waals surface area contributed by atoms with Crippen LogP contribution in [0, 0.1) is 0 Å². The van der Waals surface area contributed by atoms with E-state index in [4.69, 9.17) is 9.47 Å². The number of carbonyl (C=O) groups excluding carboxylic acids is 1. The zero-order valence-electron chi connectivity index (χ0n) is 12.3. The second-order valence-electron chi connectivity index (χ2n) is 6.21. The molecule has 0 aliphatic carbocycles. The molecule has 2 saturated heterocycles. The molecule has 5 nitrogen and oxygen atoms in total. The van der Waals surface area contributed by atoms with Gasteiger partial charge in [0.15, 0.2) is 5.79 Å². The minimum atomic E-state index is -0.446. The summed E-state index contributed by atoms with van der Waals surface area (Å²) in [7, 11) is 0. The van der Waals surface area contributed by atoms with Crippen molar-refractivity contribution in [3.05, 3.63) is 0 Å². The van der Waals surface area contributed by atoms with E-state index in [2.05, 4.69) is 17.1 Å². The maximum Gasteiger partial charge on any atom is 0.234 e. The number of piperidine rings is 1. The molecule has 0 radical (unpaired) electrons. The third-order valence-electron chi connectivity index (χ3n) is 4.04. The molecule has 1 spiro atoms. The van der Waals surface area contributed by atoms with Crippen molar-refractivity contribution in [1.29, 1.82) is 0 Å². The molecule has 2 fully saturated rings. The summed E-state index contributed by atoms with van der Waals surface area (Å²) < 4.78 is 11.4. The number of nitrogens with one attached hydrogen (secondary N) is 1. The topological polar surface area (TPSA) is 50.8 Å². The predicted molar refractivity (Wildman–Crippen MR) is 72.8 cm³/mol. The number of nitrogens with zero attached hydrogens (tertiary/aromatic N) is 1. The van der Waals surface area contributed by atoms with Crippen molar-refractivity contribution < 1.29 is 14.3 Å². The Morgan fingerprint density at radius 3 is 2.68 bits per heavy atom. The zero-order chi connectivity index (χ0) is 13.9. The summed E-state index contributed by atoms with van der Waals surface area (Å²) in [6.45, 7) is 9.58. The molecule has 0 aromatic carbocycles. The molecule has 2 aliphatic rings. The van der Waals surface area contributed by atoms with Crippen molar-refractivity contribution >= 4 is 5.91 Å². The summed E-state index contributed by atoms with van der Waals surface area (Å²) in [4.78, 5) is 14.2. The Labute approximate surface area is 115 Å². The molecule has 1 N–H and O–H groups in total. The van der Waals surface area contributed by atoms with Gasteiger partial charge in [-0.15, -0.1) is 0 Å². The Kier molecular flexibility index (Phi) is 4.48. The Balaban J connectivity index is 1.83. The molecule has 2 aliphatic heterocycles. The third-order valence-corrected chi connectivity index (χ3v) is 4.04. The number of rotatable bonds is 4. The van der Waals surface area contributed by atoms with Crippen LogP contribution in [0.4, 0.5) is 0 Å². The highest BCUT2D eigenvalue weighted by Crippen LogP contribution is 2.29. The first kappa shape index (κ1) is 14.8. The molecular formula is C14H26N2O3. The lowest BCUT2D eigenvalue weighted by Crippen LogP contribution is -2.53. The van der Waals surface area contributed by atoms with Gasteiger partial charge in [-0.2, -0.15) is 0 Å². The second-order valence-corrected chi connectivity index (χ2v) is 6.21. The van der Waals surface area contributed by atoms with Gasteiger partial charge in [-0.05, 0) is 33.2 Å². The van der Waals surface area contributed by atoms with E-state index in [9.17, 15) is 4.79 Å². The van der Waals surface area contributed by atoms with Gasteiger partial charge in [-0.25, -0.2) is 0 Å². The van der Waals surface area contributed by atoms with E-state index in [1.165, 1.54) is 0 Å². The number of hydrogen-bond donors (Lipinski definition) is 1. The van der Waals surface area contributed by atoms with E-state index in [0.29, 0.717) is 26.3 Å². The first-order valence-corrected chi connectivity index (χ1v) is 7.26. The first-order valence-electron chi connectivity index (χ1n) is 7.26. The molecule has 0 aromatic rings. The number of ether oxygens (including phenoxy) is 2. The van der Waals surface area contributed by atoms with Crippen LogP contribution in [0.3, 0.4) is 0 Å². The van der Waals surface area contributed by atoms with Gasteiger partial charge in [-0.3, -0.25) is 9.69 Å². The average Bonchev–Trinajstić information content (AvgIpc) is 2.76. The molecule has 0 atom stereocenters. The van der Waals surface area contributed by atoms with Crippen LogP contribution in [-0.2, 0) is 14.3 Å². The molecule has 0 unspecified atom stereocenters. The van der Waals surface area contributed by atoms with E-state index < -0.39 is 5.79 Å². The van der Waals surface area contributed by atoms with Crippen LogP contribution in [0.15, 0.2) is 0 Å². The van der Waals surface area contributed by atoms with Crippen LogP contribution >= 0.6 is 0 Å². The first-order chi connectivity index (χ1) is 8.95. The monoisotopic (exact) mass is 270 g/mol. The quantitative estimate of drug-likeness (QED) is 0.832. The number of carbonyl (C=O) groups is 1. The molecule has 0 saturated carbocycles. The highest BCUT2D eigenvalue weighted by atomic mass is 16.7. The largest absolute Gasteiger partial charge is 0.350 e. The fourth-order valence-corrected chi connectivity index (χ4v) is 2.65. The maximum atomic E-state index is 12.1. The Bertz CT molecular complexity index is 325. The van der Waals surface area contributed by atoms with E-state index in [1.54, 1.807) is 0 Å². The van der Waals surface area contributed by atoms with Crippen LogP contribution < -0.4 is 5.32 Å². The van der Waals surface area contributed by atoms with Crippen molar-refractivity contribution in [2.24, 2.45) is 0 Å². The summed E-state index contributed by atoms with van der Waals surface area (Å²) in [5, 5.41) is 3.07. The van der Waals surface area contributed by atoms with E-state index >= 15 is 0 Å². The smallest absolute Gasteiger partial charge is 0.234 e. The fraction of sp³-hybridized carbons (Fsp3) is 0.929. The summed E-state index contributed by atoms with van der Waals surface area (Å²) in [5.74, 6) is -0.361. The van der Waals surface area contributed by atoms with Crippen LogP contribution in [-0.4, -0.2) is 55.0 Å². The molecule has 2 heterocycles. The molecule has 0 bridgehead atoms. The summed E-state index contributed by atoms with van der Waals surface area (Å²) in [6, 6.07) is 0. The Hall–Kier alpha value is -0.650. The van der Waals surface area contributed by atoms with Crippen LogP contribution in [0.25, 0.3) is 0 Å². The minimum absolute atomic E-state index is 0.0851. The predicted octanol–water partition coefficient (Wildman–Crippen LogP) is 1.13. The standard InChI is InChI=1S/C14H26N2O3/c1-4-13(2,3)15-12(17)10-16-7-5-6-14(11-16)18-8-9-19-14/h4-11H2,1-3H3,(H,15,17). The van der Waals surface area contributed by atoms with E-state index in [1.807, 2.05) is 13.8 Å². The number of likely N-dealkylation sites (tertiary alicyclic amines) is 1. The lowest BCUT2D eigenvalue weighted by atomic mass is 10.0. The van der Waals surface area contributed by atoms with Gasteiger partial charge in [0.05, 0.1) is 26.3 Å². The second kappa shape index (κ2) is 5.77. The lowest BCUT2D eigenvalue weighted by molar-refractivity contribution is -0.189. The summed E-state index contributed by atoms with van der Waals surface area (Å²) in [6.07, 6.45) is 2.88. The van der Waals surface area contributed by atoms with Gasteiger partial charge in [0.25, 0.3) is 0 Å². The molecular weight excluding hydrogens is 244 g/mol. The van der Waals surface area contributed by atoms with Gasteiger partial charge >= 0.3 is 0 Å². The number of hydrogen-bond acceptors (Lipinski definition) is 4. The Morgan fingerprint density at radius 2 is 2.05 bits per heavy atom. The molecule has 0 aromatic heterocycles. The average molecular weight is 270 g/mol. The van der Waals surface area contributed by atoms with E-state index in [0.717, 1.165) is 25.8 Å². The Morgan fingerprint density at radius 1 is 1.37 bits per heavy atom. The van der Waals surface area contributed by atoms with Gasteiger partial charge in [0.2, 0.25) is 5.91 Å². The van der Waals surface area contributed by atoms with Gasteiger partial charge in [0.1, 0.15) is 0 Å². The van der Waals surface area contributed by atoms with Crippen molar-refractivity contribution in [3.8, 4) is 0 Å². The zero-order valence-corrected chi connectivity index (χ0v) is 12.3. The van der Waals surface area contributed by atoms with Crippen molar-refractivity contribution in [1.82, 2.24) is 10.2 Å². The lowest BCUT2D eigenvalue weighted by Gasteiger charge is -2.38. The molecule has 5 heteroatoms. The third kappa shape index (κ3) is 3.91. The van der Waals surface area contributed by atoms with Gasteiger partial charge < -0.3 is 14.8 Å². The van der Waals surface area contributed by atoms with E-state index in [-0.39, 0.29) is 11.4 Å². The molecule has 110 valence electrons. The maximum absolute atomic E-state index is 12.1. The molecule has 19 heavy (non-hydrogen) atoms. The SMILES string of the molecule is CCC(C)(C)NC(=O)CN1CCCC2(C1)OCCO2. The van der Waals surface area contributed by atoms with Gasteiger partial charge in [0, 0.05) is 12.0 Å².